The highest BCUT2D eigenvalue weighted by Gasteiger charge is 2.28. The Morgan fingerprint density at radius 1 is 1.13 bits per heavy atom. The van der Waals surface area contributed by atoms with E-state index < -0.39 is 12.1 Å². The van der Waals surface area contributed by atoms with E-state index >= 15 is 0 Å². The zero-order valence-corrected chi connectivity index (χ0v) is 24.2. The van der Waals surface area contributed by atoms with Crippen LogP contribution < -0.4 is 20.3 Å². The minimum absolute atomic E-state index is 0.236. The third kappa shape index (κ3) is 5.18. The van der Waals surface area contributed by atoms with Gasteiger partial charge in [-0.1, -0.05) is 41.4 Å². The molecule has 0 aliphatic heterocycles. The lowest BCUT2D eigenvalue weighted by Gasteiger charge is -2.30. The fourth-order valence-electron chi connectivity index (χ4n) is 4.17. The van der Waals surface area contributed by atoms with E-state index in [0.717, 1.165) is 0 Å². The van der Waals surface area contributed by atoms with Gasteiger partial charge in [0.2, 0.25) is 0 Å². The van der Waals surface area contributed by atoms with Crippen molar-refractivity contribution in [3.63, 3.8) is 0 Å². The molecular weight excluding hydrogens is 595 g/mol. The second kappa shape index (κ2) is 11.6. The molecule has 0 spiro atoms. The monoisotopic (exact) mass is 618 g/mol. The Bertz CT molecular complexity index is 1580. The fourth-order valence-corrected chi connectivity index (χ4v) is 5.09. The highest BCUT2D eigenvalue weighted by Crippen LogP contribution is 2.37. The number of ether oxygens (including phenoxy) is 2. The fraction of sp³-hybridized carbons (Fsp3) is 0.222. The topological polar surface area (TPSA) is 85.7 Å². The Hall–Kier alpha value is -3.27. The van der Waals surface area contributed by atoms with Gasteiger partial charge in [-0.3, -0.25) is 9.36 Å². The third-order valence-electron chi connectivity index (χ3n) is 6.13. The number of hydrogen-bond acceptors (Lipinski definition) is 5. The van der Waals surface area contributed by atoms with E-state index in [9.17, 15) is 9.59 Å². The van der Waals surface area contributed by atoms with Crippen molar-refractivity contribution in [2.75, 3.05) is 26.1 Å². The van der Waals surface area contributed by atoms with Gasteiger partial charge in [0.1, 0.15) is 17.3 Å². The van der Waals surface area contributed by atoms with Crippen LogP contribution in [-0.4, -0.2) is 41.2 Å². The van der Waals surface area contributed by atoms with Crippen molar-refractivity contribution in [1.29, 1.82) is 0 Å². The van der Waals surface area contributed by atoms with Crippen LogP contribution in [0.4, 0.5) is 10.5 Å². The van der Waals surface area contributed by atoms with Gasteiger partial charge in [0, 0.05) is 18.7 Å². The van der Waals surface area contributed by atoms with Crippen molar-refractivity contribution < 1.29 is 14.3 Å². The van der Waals surface area contributed by atoms with Crippen molar-refractivity contribution in [2.24, 2.45) is 0 Å². The number of methoxy groups -OCH3 is 2. The molecule has 0 aliphatic rings. The average molecular weight is 620 g/mol. The van der Waals surface area contributed by atoms with Gasteiger partial charge >= 0.3 is 6.03 Å². The molecule has 0 fully saturated rings. The molecule has 1 unspecified atom stereocenters. The zero-order valence-electron chi connectivity index (χ0n) is 21.1. The Morgan fingerprint density at radius 3 is 2.55 bits per heavy atom. The minimum Gasteiger partial charge on any atom is -0.497 e. The van der Waals surface area contributed by atoms with Crippen molar-refractivity contribution >= 4 is 61.8 Å². The molecule has 0 saturated carbocycles. The van der Waals surface area contributed by atoms with Crippen molar-refractivity contribution in [2.45, 2.75) is 19.9 Å². The molecule has 0 saturated heterocycles. The standard InChI is InChI=1S/C27H25BrCl2N4O4/c1-5-33(27(36)32-20-12-8-10-18(29)24(20)30)15(2)25-31-19-11-7-6-9-17(19)26(35)34(25)21-13-16(37-3)14-22(38-4)23(21)28/h6-15H,5H2,1-4H3,(H,32,36). The highest BCUT2D eigenvalue weighted by atomic mass is 79.9. The first-order valence-electron chi connectivity index (χ1n) is 11.7. The summed E-state index contributed by atoms with van der Waals surface area (Å²) in [6.07, 6.45) is 0. The lowest BCUT2D eigenvalue weighted by molar-refractivity contribution is 0.193. The maximum absolute atomic E-state index is 13.9. The largest absolute Gasteiger partial charge is 0.497 e. The molecule has 198 valence electrons. The third-order valence-corrected chi connectivity index (χ3v) is 7.74. The number of rotatable bonds is 7. The Kier molecular flexibility index (Phi) is 8.50. The number of benzene rings is 3. The van der Waals surface area contributed by atoms with Crippen molar-refractivity contribution in [3.05, 3.63) is 85.3 Å². The average Bonchev–Trinajstić information content (AvgIpc) is 2.92. The number of aromatic nitrogens is 2. The first kappa shape index (κ1) is 27.8. The summed E-state index contributed by atoms with van der Waals surface area (Å²) in [6.45, 7) is 3.96. The van der Waals surface area contributed by atoms with Crippen LogP contribution in [0, 0.1) is 0 Å². The Morgan fingerprint density at radius 2 is 1.87 bits per heavy atom. The van der Waals surface area contributed by atoms with E-state index in [4.69, 9.17) is 37.7 Å². The smallest absolute Gasteiger partial charge is 0.322 e. The van der Waals surface area contributed by atoms with Gasteiger partial charge < -0.3 is 19.7 Å². The molecular formula is C27H25BrCl2N4O4. The van der Waals surface area contributed by atoms with E-state index in [1.165, 1.54) is 18.8 Å². The van der Waals surface area contributed by atoms with Gasteiger partial charge in [-0.25, -0.2) is 9.78 Å². The number of urea groups is 1. The van der Waals surface area contributed by atoms with Gasteiger partial charge in [0.25, 0.3) is 5.56 Å². The summed E-state index contributed by atoms with van der Waals surface area (Å²) in [5.74, 6) is 1.30. The number of carbonyl (C=O) groups excluding carboxylic acids is 1. The predicted octanol–water partition coefficient (Wildman–Crippen LogP) is 7.09. The minimum atomic E-state index is -0.639. The van der Waals surface area contributed by atoms with E-state index in [2.05, 4.69) is 21.2 Å². The highest BCUT2D eigenvalue weighted by molar-refractivity contribution is 9.10. The number of hydrogen-bond donors (Lipinski definition) is 1. The van der Waals surface area contributed by atoms with Gasteiger partial charge in [0.05, 0.1) is 57.1 Å². The summed E-state index contributed by atoms with van der Waals surface area (Å²) < 4.78 is 13.0. The van der Waals surface area contributed by atoms with Gasteiger partial charge in [-0.2, -0.15) is 0 Å². The summed E-state index contributed by atoms with van der Waals surface area (Å²) >= 11 is 16.0. The van der Waals surface area contributed by atoms with Crippen LogP contribution in [0.25, 0.3) is 16.6 Å². The normalized spacial score (nSPS) is 11.8. The second-order valence-corrected chi connectivity index (χ2v) is 9.86. The molecule has 11 heteroatoms. The van der Waals surface area contributed by atoms with Crippen LogP contribution in [0.1, 0.15) is 25.7 Å². The van der Waals surface area contributed by atoms with E-state index in [-0.39, 0.29) is 10.6 Å². The lowest BCUT2D eigenvalue weighted by atomic mass is 10.1. The van der Waals surface area contributed by atoms with E-state index in [1.807, 2.05) is 13.0 Å². The molecule has 4 aromatic rings. The number of carbonyl (C=O) groups is 1. The van der Waals surface area contributed by atoms with Crippen LogP contribution >= 0.6 is 39.1 Å². The summed E-state index contributed by atoms with van der Waals surface area (Å²) in [5, 5.41) is 3.80. The van der Waals surface area contributed by atoms with Crippen molar-refractivity contribution in [1.82, 2.24) is 14.5 Å². The molecule has 3 aromatic carbocycles. The Labute approximate surface area is 238 Å². The van der Waals surface area contributed by atoms with Crippen LogP contribution in [0.3, 0.4) is 0 Å². The molecule has 8 nitrogen and oxygen atoms in total. The SMILES string of the molecule is CCN(C(=O)Nc1cccc(Cl)c1Cl)C(C)c1nc2ccccc2c(=O)n1-c1cc(OC)cc(OC)c1Br. The van der Waals surface area contributed by atoms with E-state index in [1.54, 1.807) is 60.4 Å². The predicted molar refractivity (Wildman–Crippen MR) is 154 cm³/mol. The quantitative estimate of drug-likeness (QED) is 0.239. The number of anilines is 1. The number of fused-ring (bicyclic) bond motifs is 1. The van der Waals surface area contributed by atoms with Crippen LogP contribution in [0.5, 0.6) is 11.5 Å². The molecule has 38 heavy (non-hydrogen) atoms. The molecule has 0 radical (unpaired) electrons. The van der Waals surface area contributed by atoms with E-state index in [0.29, 0.717) is 55.6 Å². The molecule has 1 aromatic heterocycles. The molecule has 4 rings (SSSR count). The number of nitrogens with zero attached hydrogens (tertiary/aromatic N) is 3. The lowest BCUT2D eigenvalue weighted by Crippen LogP contribution is -2.39. The molecule has 1 atom stereocenters. The summed E-state index contributed by atoms with van der Waals surface area (Å²) in [6, 6.07) is 14.4. The molecule has 0 aliphatic carbocycles. The maximum atomic E-state index is 13.9. The Balaban J connectivity index is 1.90. The number of nitrogens with one attached hydrogen (secondary N) is 1. The summed E-state index contributed by atoms with van der Waals surface area (Å²) in [7, 11) is 3.06. The second-order valence-electron chi connectivity index (χ2n) is 8.28. The number of halogens is 3. The van der Waals surface area contributed by atoms with Crippen LogP contribution in [0.2, 0.25) is 10.0 Å². The van der Waals surface area contributed by atoms with Crippen molar-refractivity contribution in [3.8, 4) is 17.2 Å². The number of amides is 2. The van der Waals surface area contributed by atoms with Crippen LogP contribution in [0.15, 0.2) is 63.9 Å². The summed E-state index contributed by atoms with van der Waals surface area (Å²) in [5.41, 5.74) is 1.04. The molecule has 0 bridgehead atoms. The maximum Gasteiger partial charge on any atom is 0.322 e. The zero-order chi connectivity index (χ0) is 27.6. The molecule has 1 heterocycles. The number of para-hydroxylation sites is 1. The van der Waals surface area contributed by atoms with Gasteiger partial charge in [0.15, 0.2) is 0 Å². The summed E-state index contributed by atoms with van der Waals surface area (Å²) in [4.78, 5) is 33.8. The first-order valence-corrected chi connectivity index (χ1v) is 13.2. The van der Waals surface area contributed by atoms with Crippen LogP contribution in [-0.2, 0) is 0 Å². The molecule has 2 amide bonds. The van der Waals surface area contributed by atoms with Gasteiger partial charge in [-0.05, 0) is 54.0 Å². The first-order chi connectivity index (χ1) is 18.2. The van der Waals surface area contributed by atoms with Gasteiger partial charge in [-0.15, -0.1) is 0 Å². The molecule has 1 N–H and O–H groups in total.